The van der Waals surface area contributed by atoms with E-state index in [1.54, 1.807) is 10.4 Å². The zero-order valence-corrected chi connectivity index (χ0v) is 19.2. The molecular formula is C25H31N3O6. The third kappa shape index (κ3) is 4.54. The fourth-order valence-electron chi connectivity index (χ4n) is 5.44. The van der Waals surface area contributed by atoms with Crippen LogP contribution in [0.5, 0.6) is 0 Å². The molecule has 9 nitrogen and oxygen atoms in total. The first kappa shape index (κ1) is 22.9. The first-order chi connectivity index (χ1) is 16.5. The lowest BCUT2D eigenvalue weighted by molar-refractivity contribution is -0.150. The SMILES string of the molecule is O=C(NO)[C@H]1CC2(CC2)CN(C(=O)OC2CCOCC2)[C@@H]1C(=O)N1CC=C(c2ccccc2)C1. The van der Waals surface area contributed by atoms with Crippen molar-refractivity contribution >= 4 is 23.5 Å². The number of hydrogen-bond acceptors (Lipinski definition) is 6. The number of nitrogens with zero attached hydrogens (tertiary/aromatic N) is 2. The van der Waals surface area contributed by atoms with Crippen LogP contribution in [-0.2, 0) is 19.1 Å². The quantitative estimate of drug-likeness (QED) is 0.517. The van der Waals surface area contributed by atoms with E-state index in [0.717, 1.165) is 24.0 Å². The van der Waals surface area contributed by atoms with Crippen LogP contribution < -0.4 is 5.48 Å². The Balaban J connectivity index is 1.38. The number of amides is 3. The van der Waals surface area contributed by atoms with Crippen molar-refractivity contribution in [3.05, 3.63) is 42.0 Å². The van der Waals surface area contributed by atoms with Crippen LogP contribution in [0.2, 0.25) is 0 Å². The van der Waals surface area contributed by atoms with Crippen LogP contribution in [-0.4, -0.2) is 77.9 Å². The second kappa shape index (κ2) is 9.38. The summed E-state index contributed by atoms with van der Waals surface area (Å²) in [7, 11) is 0. The van der Waals surface area contributed by atoms with Gasteiger partial charge in [-0.2, -0.15) is 0 Å². The van der Waals surface area contributed by atoms with E-state index in [2.05, 4.69) is 0 Å². The Labute approximate surface area is 198 Å². The van der Waals surface area contributed by atoms with Crippen molar-refractivity contribution in [3.63, 3.8) is 0 Å². The molecule has 0 bridgehead atoms. The van der Waals surface area contributed by atoms with Crippen LogP contribution in [0.15, 0.2) is 36.4 Å². The van der Waals surface area contributed by atoms with Gasteiger partial charge < -0.3 is 14.4 Å². The highest BCUT2D eigenvalue weighted by Gasteiger charge is 2.58. The summed E-state index contributed by atoms with van der Waals surface area (Å²) >= 11 is 0. The summed E-state index contributed by atoms with van der Waals surface area (Å²) in [4.78, 5) is 43.0. The van der Waals surface area contributed by atoms with Crippen molar-refractivity contribution in [1.29, 1.82) is 0 Å². The van der Waals surface area contributed by atoms with E-state index < -0.39 is 24.0 Å². The molecule has 0 aromatic heterocycles. The average molecular weight is 470 g/mol. The number of carbonyl (C=O) groups excluding carboxylic acids is 3. The fraction of sp³-hybridized carbons (Fsp3) is 0.560. The number of likely N-dealkylation sites (tertiary alicyclic amines) is 1. The van der Waals surface area contributed by atoms with E-state index in [0.29, 0.717) is 52.1 Å². The second-order valence-electron chi connectivity index (χ2n) is 9.87. The lowest BCUT2D eigenvalue weighted by atomic mass is 9.80. The average Bonchev–Trinajstić information content (AvgIpc) is 3.42. The van der Waals surface area contributed by atoms with Gasteiger partial charge in [0.1, 0.15) is 12.1 Å². The van der Waals surface area contributed by atoms with Gasteiger partial charge in [-0.1, -0.05) is 36.4 Å². The van der Waals surface area contributed by atoms with Crippen molar-refractivity contribution < 1.29 is 29.1 Å². The molecular weight excluding hydrogens is 438 g/mol. The Morgan fingerprint density at radius 3 is 2.53 bits per heavy atom. The number of nitrogens with one attached hydrogen (secondary N) is 1. The van der Waals surface area contributed by atoms with Crippen LogP contribution in [0.3, 0.4) is 0 Å². The van der Waals surface area contributed by atoms with Crippen molar-refractivity contribution in [2.75, 3.05) is 32.8 Å². The molecule has 2 atom stereocenters. The van der Waals surface area contributed by atoms with Crippen molar-refractivity contribution in [1.82, 2.24) is 15.3 Å². The summed E-state index contributed by atoms with van der Waals surface area (Å²) in [5, 5.41) is 9.44. The maximum absolute atomic E-state index is 13.8. The van der Waals surface area contributed by atoms with E-state index >= 15 is 0 Å². The smallest absolute Gasteiger partial charge is 0.410 e. The molecule has 34 heavy (non-hydrogen) atoms. The van der Waals surface area contributed by atoms with Crippen LogP contribution in [0.4, 0.5) is 4.79 Å². The van der Waals surface area contributed by atoms with Gasteiger partial charge in [-0.05, 0) is 35.8 Å². The highest BCUT2D eigenvalue weighted by Crippen LogP contribution is 2.55. The molecule has 5 rings (SSSR count). The molecule has 1 aromatic carbocycles. The van der Waals surface area contributed by atoms with Crippen LogP contribution >= 0.6 is 0 Å². The molecule has 1 aromatic rings. The van der Waals surface area contributed by atoms with Gasteiger partial charge in [0.05, 0.1) is 19.1 Å². The zero-order chi connectivity index (χ0) is 23.7. The Morgan fingerprint density at radius 2 is 1.85 bits per heavy atom. The number of ether oxygens (including phenoxy) is 2. The van der Waals surface area contributed by atoms with Crippen LogP contribution in [0.25, 0.3) is 5.57 Å². The van der Waals surface area contributed by atoms with Crippen molar-refractivity contribution in [2.24, 2.45) is 11.3 Å². The highest BCUT2D eigenvalue weighted by atomic mass is 16.6. The minimum Gasteiger partial charge on any atom is -0.446 e. The summed E-state index contributed by atoms with van der Waals surface area (Å²) in [5.41, 5.74) is 3.61. The van der Waals surface area contributed by atoms with E-state index in [-0.39, 0.29) is 17.4 Å². The third-order valence-electron chi connectivity index (χ3n) is 7.58. The summed E-state index contributed by atoms with van der Waals surface area (Å²) in [5.74, 6) is -1.77. The third-order valence-corrected chi connectivity index (χ3v) is 7.58. The number of piperidine rings is 1. The van der Waals surface area contributed by atoms with Gasteiger partial charge in [0.15, 0.2) is 0 Å². The summed E-state index contributed by atoms with van der Waals surface area (Å²) in [6, 6.07) is 8.82. The topological polar surface area (TPSA) is 108 Å². The Hall–Kier alpha value is -2.91. The largest absolute Gasteiger partial charge is 0.446 e. The molecule has 1 aliphatic carbocycles. The van der Waals surface area contributed by atoms with Crippen LogP contribution in [0, 0.1) is 11.3 Å². The normalized spacial score (nSPS) is 26.2. The summed E-state index contributed by atoms with van der Waals surface area (Å²) in [6.45, 7) is 2.25. The first-order valence-electron chi connectivity index (χ1n) is 12.0. The molecule has 3 fully saturated rings. The minimum absolute atomic E-state index is 0.193. The van der Waals surface area contributed by atoms with E-state index in [1.165, 1.54) is 4.90 Å². The highest BCUT2D eigenvalue weighted by molar-refractivity contribution is 5.94. The molecule has 182 valence electrons. The Morgan fingerprint density at radius 1 is 1.12 bits per heavy atom. The van der Waals surface area contributed by atoms with E-state index in [9.17, 15) is 19.6 Å². The number of hydroxylamine groups is 1. The summed E-state index contributed by atoms with van der Waals surface area (Å²) < 4.78 is 11.1. The molecule has 0 unspecified atom stereocenters. The van der Waals surface area contributed by atoms with E-state index in [1.807, 2.05) is 36.4 Å². The predicted molar refractivity (Wildman–Crippen MR) is 122 cm³/mol. The van der Waals surface area contributed by atoms with Gasteiger partial charge in [-0.15, -0.1) is 0 Å². The number of carbonyl (C=O) groups is 3. The number of hydrogen-bond donors (Lipinski definition) is 2. The Kier molecular flexibility index (Phi) is 6.31. The number of benzene rings is 1. The fourth-order valence-corrected chi connectivity index (χ4v) is 5.44. The predicted octanol–water partition coefficient (Wildman–Crippen LogP) is 2.20. The molecule has 4 aliphatic rings. The standard InChI is InChI=1S/C25H31N3O6/c29-22(26-32)20-14-25(9-10-25)16-28(24(31)34-19-7-12-33-13-8-19)21(20)23(30)27-11-6-18(15-27)17-4-2-1-3-5-17/h1-6,19-21,32H,7-16H2,(H,26,29)/t20-,21-/m0/s1. The first-order valence-corrected chi connectivity index (χ1v) is 12.0. The van der Waals surface area contributed by atoms with Gasteiger partial charge in [0.2, 0.25) is 11.8 Å². The van der Waals surface area contributed by atoms with Crippen molar-refractivity contribution in [3.8, 4) is 0 Å². The Bertz CT molecular complexity index is 970. The molecule has 9 heteroatoms. The molecule has 1 saturated carbocycles. The monoisotopic (exact) mass is 469 g/mol. The minimum atomic E-state index is -1.02. The van der Waals surface area contributed by atoms with Crippen LogP contribution in [0.1, 0.15) is 37.7 Å². The molecule has 3 amide bonds. The van der Waals surface area contributed by atoms with Gasteiger partial charge in [0.25, 0.3) is 0 Å². The lowest BCUT2D eigenvalue weighted by Gasteiger charge is -2.44. The molecule has 3 heterocycles. The van der Waals surface area contributed by atoms with Gasteiger partial charge >= 0.3 is 6.09 Å². The molecule has 1 spiro atoms. The molecule has 2 N–H and O–H groups in total. The second-order valence-corrected chi connectivity index (χ2v) is 9.87. The molecule has 2 saturated heterocycles. The summed E-state index contributed by atoms with van der Waals surface area (Å²) in [6.07, 6.45) is 4.62. The van der Waals surface area contributed by atoms with Gasteiger partial charge in [-0.3, -0.25) is 19.7 Å². The maximum atomic E-state index is 13.8. The zero-order valence-electron chi connectivity index (χ0n) is 19.2. The van der Waals surface area contributed by atoms with Crippen molar-refractivity contribution in [2.45, 2.75) is 44.2 Å². The van der Waals surface area contributed by atoms with Gasteiger partial charge in [0, 0.05) is 32.5 Å². The molecule has 0 radical (unpaired) electrons. The number of rotatable bonds is 4. The molecule has 3 aliphatic heterocycles. The van der Waals surface area contributed by atoms with Gasteiger partial charge in [-0.25, -0.2) is 10.3 Å². The van der Waals surface area contributed by atoms with E-state index in [4.69, 9.17) is 9.47 Å². The maximum Gasteiger partial charge on any atom is 0.410 e. The lowest BCUT2D eigenvalue weighted by Crippen LogP contribution is -2.62.